The molecular weight excluding hydrogens is 226 g/mol. The molecule has 6 nitrogen and oxygen atoms in total. The van der Waals surface area contributed by atoms with E-state index in [0.29, 0.717) is 26.2 Å². The zero-order valence-corrected chi connectivity index (χ0v) is 9.77. The fourth-order valence-electron chi connectivity index (χ4n) is 1.42. The molecule has 1 unspecified atom stereocenters. The lowest BCUT2D eigenvalue weighted by molar-refractivity contribution is -0.138. The van der Waals surface area contributed by atoms with Crippen molar-refractivity contribution in [3.8, 4) is 0 Å². The molecular formula is C11H17NO5. The van der Waals surface area contributed by atoms with Gasteiger partial charge in [-0.15, -0.1) is 0 Å². The average molecular weight is 243 g/mol. The van der Waals surface area contributed by atoms with Crippen LogP contribution in [0.15, 0.2) is 12.0 Å². The summed E-state index contributed by atoms with van der Waals surface area (Å²) in [5.41, 5.74) is 0. The molecule has 1 rings (SSSR count). The number of rotatable bonds is 6. The minimum Gasteiger partial charge on any atom is -0.494 e. The molecule has 1 aliphatic rings. The first-order valence-electron chi connectivity index (χ1n) is 5.58. The van der Waals surface area contributed by atoms with E-state index in [4.69, 9.17) is 14.6 Å². The quantitative estimate of drug-likeness (QED) is 0.709. The van der Waals surface area contributed by atoms with Crippen LogP contribution in [0, 0.1) is 5.92 Å². The van der Waals surface area contributed by atoms with Gasteiger partial charge in [-0.1, -0.05) is 13.3 Å². The number of hydrogen-bond acceptors (Lipinski definition) is 4. The van der Waals surface area contributed by atoms with Gasteiger partial charge in [-0.25, -0.2) is 0 Å². The lowest BCUT2D eigenvalue weighted by Crippen LogP contribution is -2.33. The van der Waals surface area contributed by atoms with E-state index >= 15 is 0 Å². The Kier molecular flexibility index (Phi) is 5.32. The number of carboxylic acid groups (broad SMARTS) is 1. The Morgan fingerprint density at radius 2 is 2.29 bits per heavy atom. The smallest absolute Gasteiger partial charge is 0.303 e. The molecule has 17 heavy (non-hydrogen) atoms. The maximum Gasteiger partial charge on any atom is 0.303 e. The molecule has 1 heterocycles. The van der Waals surface area contributed by atoms with Gasteiger partial charge in [0.2, 0.25) is 5.76 Å². The highest BCUT2D eigenvalue weighted by Crippen LogP contribution is 2.08. The molecule has 0 fully saturated rings. The number of hydrogen-bond donors (Lipinski definition) is 2. The van der Waals surface area contributed by atoms with E-state index in [2.05, 4.69) is 5.32 Å². The average Bonchev–Trinajstić information content (AvgIpc) is 2.34. The minimum absolute atomic E-state index is 0.0488. The van der Waals surface area contributed by atoms with Crippen LogP contribution in [0.2, 0.25) is 0 Å². The molecule has 0 radical (unpaired) electrons. The molecule has 0 saturated carbocycles. The first kappa shape index (κ1) is 13.3. The zero-order valence-electron chi connectivity index (χ0n) is 9.77. The summed E-state index contributed by atoms with van der Waals surface area (Å²) in [4.78, 5) is 22.1. The Morgan fingerprint density at radius 3 is 2.82 bits per heavy atom. The molecule has 1 atom stereocenters. The van der Waals surface area contributed by atoms with E-state index in [1.54, 1.807) is 0 Å². The topological polar surface area (TPSA) is 84.9 Å². The molecule has 0 bridgehead atoms. The second-order valence-corrected chi connectivity index (χ2v) is 3.78. The van der Waals surface area contributed by atoms with Crippen LogP contribution in [0.1, 0.15) is 19.8 Å². The van der Waals surface area contributed by atoms with Crippen LogP contribution in [-0.4, -0.2) is 36.7 Å². The molecule has 0 aromatic heterocycles. The van der Waals surface area contributed by atoms with Crippen molar-refractivity contribution in [3.05, 3.63) is 12.0 Å². The summed E-state index contributed by atoms with van der Waals surface area (Å²) in [7, 11) is 0. The van der Waals surface area contributed by atoms with Crippen LogP contribution < -0.4 is 5.32 Å². The van der Waals surface area contributed by atoms with E-state index in [9.17, 15) is 9.59 Å². The number of ether oxygens (including phenoxy) is 2. The maximum absolute atomic E-state index is 11.6. The molecule has 0 saturated heterocycles. The van der Waals surface area contributed by atoms with Gasteiger partial charge in [0.25, 0.3) is 5.91 Å². The third-order valence-electron chi connectivity index (χ3n) is 2.46. The fraction of sp³-hybridized carbons (Fsp3) is 0.636. The number of carbonyl (C=O) groups is 2. The van der Waals surface area contributed by atoms with Gasteiger partial charge < -0.3 is 19.9 Å². The normalized spacial score (nSPS) is 16.2. The van der Waals surface area contributed by atoms with Crippen molar-refractivity contribution < 1.29 is 24.2 Å². The number of carbonyl (C=O) groups excluding carboxylic acids is 1. The Labute approximate surface area is 99.6 Å². The predicted molar refractivity (Wildman–Crippen MR) is 59.0 cm³/mol. The summed E-state index contributed by atoms with van der Waals surface area (Å²) < 4.78 is 10.1. The number of carboxylic acids is 1. The van der Waals surface area contributed by atoms with Gasteiger partial charge >= 0.3 is 5.97 Å². The van der Waals surface area contributed by atoms with Crippen molar-refractivity contribution >= 4 is 11.9 Å². The summed E-state index contributed by atoms with van der Waals surface area (Å²) in [5.74, 6) is -1.15. The van der Waals surface area contributed by atoms with Crippen molar-refractivity contribution in [3.63, 3.8) is 0 Å². The summed E-state index contributed by atoms with van der Waals surface area (Å²) in [6.45, 7) is 3.00. The minimum atomic E-state index is -0.859. The van der Waals surface area contributed by atoms with Crippen molar-refractivity contribution in [1.82, 2.24) is 5.32 Å². The summed E-state index contributed by atoms with van der Waals surface area (Å²) in [6, 6.07) is 0. The summed E-state index contributed by atoms with van der Waals surface area (Å²) >= 11 is 0. The number of amides is 1. The second kappa shape index (κ2) is 6.78. The van der Waals surface area contributed by atoms with Crippen LogP contribution in [0.3, 0.4) is 0 Å². The van der Waals surface area contributed by atoms with Gasteiger partial charge in [-0.2, -0.15) is 0 Å². The number of aliphatic carboxylic acids is 1. The fourth-order valence-corrected chi connectivity index (χ4v) is 1.42. The second-order valence-electron chi connectivity index (χ2n) is 3.78. The van der Waals surface area contributed by atoms with Crippen LogP contribution in [0.4, 0.5) is 0 Å². The van der Waals surface area contributed by atoms with Gasteiger partial charge in [0, 0.05) is 13.0 Å². The van der Waals surface area contributed by atoms with Crippen LogP contribution >= 0.6 is 0 Å². The van der Waals surface area contributed by atoms with Gasteiger partial charge in [-0.3, -0.25) is 9.59 Å². The van der Waals surface area contributed by atoms with E-state index in [0.717, 1.165) is 0 Å². The summed E-state index contributed by atoms with van der Waals surface area (Å²) in [6.07, 6.45) is 2.02. The van der Waals surface area contributed by atoms with E-state index in [-0.39, 0.29) is 24.0 Å². The SMILES string of the molecule is CCC(CNC(=O)C1=COCCO1)CC(=O)O. The Morgan fingerprint density at radius 1 is 1.53 bits per heavy atom. The molecule has 6 heteroatoms. The first-order chi connectivity index (χ1) is 8.13. The monoisotopic (exact) mass is 243 g/mol. The van der Waals surface area contributed by atoms with Crippen LogP contribution in [-0.2, 0) is 19.1 Å². The molecule has 96 valence electrons. The lowest BCUT2D eigenvalue weighted by Gasteiger charge is -2.17. The van der Waals surface area contributed by atoms with Crippen molar-refractivity contribution in [2.24, 2.45) is 5.92 Å². The van der Waals surface area contributed by atoms with Gasteiger partial charge in [-0.05, 0) is 5.92 Å². The lowest BCUT2D eigenvalue weighted by atomic mass is 10.0. The van der Waals surface area contributed by atoms with E-state index < -0.39 is 5.97 Å². The Balaban J connectivity index is 2.35. The molecule has 0 aromatic carbocycles. The van der Waals surface area contributed by atoms with Crippen molar-refractivity contribution in [1.29, 1.82) is 0 Å². The zero-order chi connectivity index (χ0) is 12.7. The van der Waals surface area contributed by atoms with E-state index in [1.807, 2.05) is 6.92 Å². The van der Waals surface area contributed by atoms with Gasteiger partial charge in [0.1, 0.15) is 19.5 Å². The molecule has 1 amide bonds. The molecule has 0 spiro atoms. The summed E-state index contributed by atoms with van der Waals surface area (Å²) in [5, 5.41) is 11.3. The molecule has 0 aromatic rings. The highest BCUT2D eigenvalue weighted by atomic mass is 16.6. The third kappa shape index (κ3) is 4.76. The predicted octanol–water partition coefficient (Wildman–Crippen LogP) is 0.492. The van der Waals surface area contributed by atoms with Crippen LogP contribution in [0.25, 0.3) is 0 Å². The highest BCUT2D eigenvalue weighted by molar-refractivity contribution is 5.91. The standard InChI is InChI=1S/C11H17NO5/c1-2-8(5-10(13)14)6-12-11(15)9-7-16-3-4-17-9/h7-8H,2-6H2,1H3,(H,12,15)(H,13,14). The Bertz CT molecular complexity index is 313. The van der Waals surface area contributed by atoms with Gasteiger partial charge in [0.15, 0.2) is 0 Å². The van der Waals surface area contributed by atoms with Crippen molar-refractivity contribution in [2.45, 2.75) is 19.8 Å². The van der Waals surface area contributed by atoms with E-state index in [1.165, 1.54) is 6.26 Å². The Hall–Kier alpha value is -1.72. The molecule has 1 aliphatic heterocycles. The molecule has 0 aliphatic carbocycles. The largest absolute Gasteiger partial charge is 0.494 e. The first-order valence-corrected chi connectivity index (χ1v) is 5.58. The molecule has 2 N–H and O–H groups in total. The maximum atomic E-state index is 11.6. The van der Waals surface area contributed by atoms with Crippen molar-refractivity contribution in [2.75, 3.05) is 19.8 Å². The van der Waals surface area contributed by atoms with Crippen LogP contribution in [0.5, 0.6) is 0 Å². The van der Waals surface area contributed by atoms with Gasteiger partial charge in [0.05, 0.1) is 0 Å². The highest BCUT2D eigenvalue weighted by Gasteiger charge is 2.17. The third-order valence-corrected chi connectivity index (χ3v) is 2.46. The number of nitrogens with one attached hydrogen (secondary N) is 1.